The van der Waals surface area contributed by atoms with Gasteiger partial charge < -0.3 is 20.1 Å². The highest BCUT2D eigenvalue weighted by Crippen LogP contribution is 2.52. The Labute approximate surface area is 150 Å². The lowest BCUT2D eigenvalue weighted by Gasteiger charge is -2.54. The van der Waals surface area contributed by atoms with Crippen LogP contribution in [0.15, 0.2) is 24.3 Å². The molecule has 3 rings (SSSR count). The second kappa shape index (κ2) is 7.34. The minimum atomic E-state index is -0.104. The van der Waals surface area contributed by atoms with E-state index in [4.69, 9.17) is 9.47 Å². The summed E-state index contributed by atoms with van der Waals surface area (Å²) in [4.78, 5) is 12.3. The van der Waals surface area contributed by atoms with Gasteiger partial charge in [-0.25, -0.2) is 4.79 Å². The van der Waals surface area contributed by atoms with E-state index in [2.05, 4.69) is 30.5 Å². The Morgan fingerprint density at radius 2 is 2.12 bits per heavy atom. The van der Waals surface area contributed by atoms with Crippen LogP contribution in [0.25, 0.3) is 0 Å². The van der Waals surface area contributed by atoms with Gasteiger partial charge in [0.2, 0.25) is 0 Å². The normalized spacial score (nSPS) is 26.8. The van der Waals surface area contributed by atoms with Crippen LogP contribution in [0.1, 0.15) is 45.2 Å². The van der Waals surface area contributed by atoms with Gasteiger partial charge in [-0.3, -0.25) is 0 Å². The molecule has 0 radical (unpaired) electrons. The summed E-state index contributed by atoms with van der Waals surface area (Å²) >= 11 is 0. The summed E-state index contributed by atoms with van der Waals surface area (Å²) in [6.45, 7) is 10.3. The van der Waals surface area contributed by atoms with Crippen LogP contribution in [-0.4, -0.2) is 30.9 Å². The molecule has 2 fully saturated rings. The topological polar surface area (TPSA) is 59.6 Å². The molecule has 0 aromatic heterocycles. The lowest BCUT2D eigenvalue weighted by molar-refractivity contribution is -0.108. The largest absolute Gasteiger partial charge is 0.377 e. The number of hydrogen-bond donors (Lipinski definition) is 2. The van der Waals surface area contributed by atoms with Gasteiger partial charge in [0.15, 0.2) is 0 Å². The number of rotatable bonds is 6. The summed E-state index contributed by atoms with van der Waals surface area (Å²) in [5, 5.41) is 6.12. The summed E-state index contributed by atoms with van der Waals surface area (Å²) < 4.78 is 11.4. The van der Waals surface area contributed by atoms with E-state index < -0.39 is 0 Å². The summed E-state index contributed by atoms with van der Waals surface area (Å²) in [5.74, 6) is 0.456. The van der Waals surface area contributed by atoms with Crippen LogP contribution >= 0.6 is 0 Å². The number of hydrogen-bond acceptors (Lipinski definition) is 3. The molecule has 2 amide bonds. The molecule has 0 spiro atoms. The molecular formula is C20H30N2O3. The van der Waals surface area contributed by atoms with E-state index in [-0.39, 0.29) is 29.7 Å². The van der Waals surface area contributed by atoms with Gasteiger partial charge in [0.25, 0.3) is 0 Å². The first-order valence-electron chi connectivity index (χ1n) is 9.23. The summed E-state index contributed by atoms with van der Waals surface area (Å²) in [5.41, 5.74) is 2.21. The number of amides is 2. The number of fused-ring (bicyclic) bond motifs is 1. The number of nitrogens with one attached hydrogen (secondary N) is 2. The molecule has 1 saturated heterocycles. The van der Waals surface area contributed by atoms with Crippen molar-refractivity contribution in [2.45, 2.75) is 65.5 Å². The fraction of sp³-hybridized carbons (Fsp3) is 0.650. The molecule has 25 heavy (non-hydrogen) atoms. The van der Waals surface area contributed by atoms with Crippen molar-refractivity contribution in [2.75, 3.05) is 6.61 Å². The van der Waals surface area contributed by atoms with Crippen molar-refractivity contribution in [1.29, 1.82) is 0 Å². The van der Waals surface area contributed by atoms with Gasteiger partial charge >= 0.3 is 6.03 Å². The zero-order valence-corrected chi connectivity index (χ0v) is 15.7. The number of urea groups is 1. The molecule has 1 aliphatic heterocycles. The zero-order chi connectivity index (χ0) is 18.0. The van der Waals surface area contributed by atoms with E-state index in [1.165, 1.54) is 0 Å². The van der Waals surface area contributed by atoms with E-state index >= 15 is 0 Å². The van der Waals surface area contributed by atoms with E-state index in [9.17, 15) is 4.79 Å². The Morgan fingerprint density at radius 1 is 1.36 bits per heavy atom. The van der Waals surface area contributed by atoms with Gasteiger partial charge in [0.05, 0.1) is 18.8 Å². The quantitative estimate of drug-likeness (QED) is 0.831. The molecule has 1 aliphatic carbocycles. The fourth-order valence-electron chi connectivity index (χ4n) is 4.08. The van der Waals surface area contributed by atoms with Crippen molar-refractivity contribution in [1.82, 2.24) is 10.6 Å². The maximum absolute atomic E-state index is 12.3. The minimum absolute atomic E-state index is 0.00656. The van der Waals surface area contributed by atoms with Gasteiger partial charge in [-0.15, -0.1) is 0 Å². The van der Waals surface area contributed by atoms with Crippen LogP contribution in [-0.2, 0) is 22.6 Å². The first-order valence-corrected chi connectivity index (χ1v) is 9.23. The number of ether oxygens (including phenoxy) is 2. The molecule has 5 nitrogen and oxygen atoms in total. The van der Waals surface area contributed by atoms with E-state index in [1.54, 1.807) is 0 Å². The van der Waals surface area contributed by atoms with Gasteiger partial charge in [0.1, 0.15) is 0 Å². The smallest absolute Gasteiger partial charge is 0.315 e. The summed E-state index contributed by atoms with van der Waals surface area (Å²) in [6, 6.07) is 8.23. The number of carbonyl (C=O) groups is 1. The Bertz CT molecular complexity index is 615. The monoisotopic (exact) mass is 346 g/mol. The average molecular weight is 346 g/mol. The summed E-state index contributed by atoms with van der Waals surface area (Å²) in [7, 11) is 0. The lowest BCUT2D eigenvalue weighted by Crippen LogP contribution is -2.67. The zero-order valence-electron chi connectivity index (χ0n) is 15.7. The third-order valence-electron chi connectivity index (χ3n) is 5.41. The molecular weight excluding hydrogens is 316 g/mol. The van der Waals surface area contributed by atoms with Gasteiger partial charge in [-0.05, 0) is 31.4 Å². The Balaban J connectivity index is 1.49. The van der Waals surface area contributed by atoms with Crippen molar-refractivity contribution in [2.24, 2.45) is 11.3 Å². The van der Waals surface area contributed by atoms with Crippen LogP contribution in [0.2, 0.25) is 0 Å². The van der Waals surface area contributed by atoms with Crippen molar-refractivity contribution in [3.05, 3.63) is 35.4 Å². The summed E-state index contributed by atoms with van der Waals surface area (Å²) in [6.07, 6.45) is 1.54. The Kier molecular flexibility index (Phi) is 5.35. The highest BCUT2D eigenvalue weighted by Gasteiger charge is 2.59. The molecule has 1 saturated carbocycles. The van der Waals surface area contributed by atoms with Gasteiger partial charge in [0, 0.05) is 30.5 Å². The van der Waals surface area contributed by atoms with Crippen molar-refractivity contribution in [3.8, 4) is 0 Å². The van der Waals surface area contributed by atoms with E-state index in [0.717, 1.165) is 24.2 Å². The first-order chi connectivity index (χ1) is 11.9. The van der Waals surface area contributed by atoms with Crippen LogP contribution in [0.3, 0.4) is 0 Å². The van der Waals surface area contributed by atoms with E-state index in [0.29, 0.717) is 19.1 Å². The molecule has 5 heteroatoms. The maximum Gasteiger partial charge on any atom is 0.315 e. The standard InChI is InChI=1S/C20H30N2O3/c1-13(2)25-12-15-7-5-6-14(10-15)11-21-19(23)22-17-16-8-9-24-18(16)20(17,3)4/h5-7,10,13,16-18H,8-9,11-12H2,1-4H3,(H2,21,22,23)/t16-,17+,18+/m0/s1. The van der Waals surface area contributed by atoms with Crippen LogP contribution in [0.4, 0.5) is 4.79 Å². The highest BCUT2D eigenvalue weighted by atomic mass is 16.5. The fourth-order valence-corrected chi connectivity index (χ4v) is 4.08. The molecule has 0 bridgehead atoms. The second-order valence-corrected chi connectivity index (χ2v) is 8.05. The maximum atomic E-state index is 12.3. The van der Waals surface area contributed by atoms with Crippen LogP contribution in [0, 0.1) is 11.3 Å². The number of benzene rings is 1. The highest BCUT2D eigenvalue weighted by molar-refractivity contribution is 5.74. The predicted octanol–water partition coefficient (Wildman–Crippen LogP) is 3.22. The predicted molar refractivity (Wildman–Crippen MR) is 97.2 cm³/mol. The van der Waals surface area contributed by atoms with Gasteiger partial charge in [-0.1, -0.05) is 38.1 Å². The first kappa shape index (κ1) is 18.2. The van der Waals surface area contributed by atoms with Crippen molar-refractivity contribution >= 4 is 6.03 Å². The third-order valence-corrected chi connectivity index (χ3v) is 5.41. The van der Waals surface area contributed by atoms with Crippen LogP contribution in [0.5, 0.6) is 0 Å². The molecule has 2 aliphatic rings. The lowest BCUT2D eigenvalue weighted by atomic mass is 9.57. The van der Waals surface area contributed by atoms with Crippen LogP contribution < -0.4 is 10.6 Å². The minimum Gasteiger partial charge on any atom is -0.377 e. The van der Waals surface area contributed by atoms with Crippen molar-refractivity contribution in [3.63, 3.8) is 0 Å². The second-order valence-electron chi connectivity index (χ2n) is 8.05. The third kappa shape index (κ3) is 3.98. The van der Waals surface area contributed by atoms with Crippen molar-refractivity contribution < 1.29 is 14.3 Å². The molecule has 1 heterocycles. The average Bonchev–Trinajstić information content (AvgIpc) is 3.03. The number of carbonyl (C=O) groups excluding carboxylic acids is 1. The molecule has 1 aromatic carbocycles. The van der Waals surface area contributed by atoms with E-state index in [1.807, 2.05) is 32.0 Å². The Hall–Kier alpha value is -1.59. The molecule has 0 unspecified atom stereocenters. The molecule has 138 valence electrons. The Morgan fingerprint density at radius 3 is 2.88 bits per heavy atom. The SMILES string of the molecule is CC(C)OCc1cccc(CNC(=O)N[C@@H]2[C@@H]3CCO[C@H]3C2(C)C)c1. The molecule has 1 aromatic rings. The molecule has 2 N–H and O–H groups in total. The molecule has 3 atom stereocenters. The van der Waals surface area contributed by atoms with Gasteiger partial charge in [-0.2, -0.15) is 0 Å².